The summed E-state index contributed by atoms with van der Waals surface area (Å²) in [6.45, 7) is 11.4. The highest BCUT2D eigenvalue weighted by Gasteiger charge is 2.17. The summed E-state index contributed by atoms with van der Waals surface area (Å²) in [6.07, 6.45) is 0. The maximum Gasteiger partial charge on any atom is 0.295 e. The predicted octanol–water partition coefficient (Wildman–Crippen LogP) is 2.71. The Labute approximate surface area is 164 Å². The van der Waals surface area contributed by atoms with E-state index in [1.54, 1.807) is 10.6 Å². The first-order valence-corrected chi connectivity index (χ1v) is 9.48. The lowest BCUT2D eigenvalue weighted by molar-refractivity contribution is 0.101. The van der Waals surface area contributed by atoms with Crippen LogP contribution in [0, 0.1) is 13.8 Å². The van der Waals surface area contributed by atoms with Crippen LogP contribution in [0.1, 0.15) is 35.9 Å². The highest BCUT2D eigenvalue weighted by molar-refractivity contribution is 6.02. The summed E-state index contributed by atoms with van der Waals surface area (Å²) in [4.78, 5) is 23.5. The summed E-state index contributed by atoms with van der Waals surface area (Å²) in [5, 5.41) is 7.11. The van der Waals surface area contributed by atoms with Gasteiger partial charge in [0.05, 0.1) is 5.69 Å². The molecule has 0 fully saturated rings. The van der Waals surface area contributed by atoms with Crippen molar-refractivity contribution < 1.29 is 9.53 Å². The van der Waals surface area contributed by atoms with Gasteiger partial charge in [0.1, 0.15) is 12.4 Å². The lowest BCUT2D eigenvalue weighted by Crippen LogP contribution is -2.28. The number of rotatable bonds is 8. The van der Waals surface area contributed by atoms with Gasteiger partial charge in [-0.3, -0.25) is 4.79 Å². The van der Waals surface area contributed by atoms with Crippen molar-refractivity contribution in [3.05, 3.63) is 47.5 Å². The third-order valence-corrected chi connectivity index (χ3v) is 4.52. The number of aromatic nitrogens is 4. The van der Waals surface area contributed by atoms with E-state index in [1.165, 1.54) is 0 Å². The Morgan fingerprint density at radius 1 is 1.18 bits per heavy atom. The van der Waals surface area contributed by atoms with Crippen molar-refractivity contribution in [2.75, 3.05) is 31.6 Å². The zero-order chi connectivity index (χ0) is 20.1. The third-order valence-electron chi connectivity index (χ3n) is 4.52. The molecular formula is C20H26N6O2. The Balaban J connectivity index is 1.73. The van der Waals surface area contributed by atoms with Crippen LogP contribution < -0.4 is 10.1 Å². The fourth-order valence-electron chi connectivity index (χ4n) is 2.96. The highest BCUT2D eigenvalue weighted by Crippen LogP contribution is 2.24. The number of hydrogen-bond donors (Lipinski definition) is 1. The Bertz CT molecular complexity index is 964. The molecule has 2 heterocycles. The minimum atomic E-state index is -0.401. The second kappa shape index (κ2) is 8.79. The largest absolute Gasteiger partial charge is 0.490 e. The van der Waals surface area contributed by atoms with Gasteiger partial charge in [0.25, 0.3) is 11.7 Å². The van der Waals surface area contributed by atoms with Gasteiger partial charge in [-0.1, -0.05) is 26.0 Å². The number of para-hydroxylation sites is 2. The van der Waals surface area contributed by atoms with E-state index >= 15 is 0 Å². The average Bonchev–Trinajstić information content (AvgIpc) is 3.11. The summed E-state index contributed by atoms with van der Waals surface area (Å²) in [5.74, 6) is 0.699. The van der Waals surface area contributed by atoms with E-state index in [1.807, 2.05) is 38.1 Å². The van der Waals surface area contributed by atoms with Crippen molar-refractivity contribution in [3.8, 4) is 5.75 Å². The van der Waals surface area contributed by atoms with Crippen LogP contribution in [0.3, 0.4) is 0 Å². The molecule has 1 amide bonds. The molecule has 0 saturated heterocycles. The molecule has 0 aliphatic rings. The van der Waals surface area contributed by atoms with Crippen molar-refractivity contribution >= 4 is 17.4 Å². The Kier molecular flexibility index (Phi) is 6.20. The van der Waals surface area contributed by atoms with Crippen molar-refractivity contribution in [2.45, 2.75) is 27.7 Å². The maximum absolute atomic E-state index is 12.7. The number of aryl methyl sites for hydroxylation is 2. The molecule has 1 N–H and O–H groups in total. The molecule has 8 nitrogen and oxygen atoms in total. The molecule has 3 aromatic rings. The van der Waals surface area contributed by atoms with Gasteiger partial charge in [-0.25, -0.2) is 9.50 Å². The normalized spacial score (nSPS) is 11.2. The van der Waals surface area contributed by atoms with Gasteiger partial charge in [-0.15, -0.1) is 5.10 Å². The first-order valence-electron chi connectivity index (χ1n) is 9.48. The number of amides is 1. The SMILES string of the molecule is CCN(CC)CCOc1ccccc1NC(=O)c1nc2nc(C)cc(C)n2n1. The Hall–Kier alpha value is -3.00. The molecule has 0 atom stereocenters. The van der Waals surface area contributed by atoms with E-state index in [-0.39, 0.29) is 5.82 Å². The molecule has 0 aliphatic heterocycles. The molecule has 0 saturated carbocycles. The smallest absolute Gasteiger partial charge is 0.295 e. The summed E-state index contributed by atoms with van der Waals surface area (Å²) in [7, 11) is 0. The number of carbonyl (C=O) groups is 1. The van der Waals surface area contributed by atoms with Crippen LogP contribution >= 0.6 is 0 Å². The van der Waals surface area contributed by atoms with Gasteiger partial charge < -0.3 is 15.0 Å². The maximum atomic E-state index is 12.7. The number of fused-ring (bicyclic) bond motifs is 1. The summed E-state index contributed by atoms with van der Waals surface area (Å²) in [5.41, 5.74) is 2.29. The monoisotopic (exact) mass is 382 g/mol. The standard InChI is InChI=1S/C20H26N6O2/c1-5-25(6-2)11-12-28-17-10-8-7-9-16(17)22-19(27)18-23-20-21-14(3)13-15(4)26(20)24-18/h7-10,13H,5-6,11-12H2,1-4H3,(H,22,27). The van der Waals surface area contributed by atoms with E-state index < -0.39 is 5.91 Å². The molecule has 8 heteroatoms. The molecule has 28 heavy (non-hydrogen) atoms. The predicted molar refractivity (Wildman–Crippen MR) is 108 cm³/mol. The Morgan fingerprint density at radius 2 is 1.93 bits per heavy atom. The average molecular weight is 382 g/mol. The minimum Gasteiger partial charge on any atom is -0.490 e. The zero-order valence-electron chi connectivity index (χ0n) is 16.8. The second-order valence-electron chi connectivity index (χ2n) is 6.51. The van der Waals surface area contributed by atoms with Crippen LogP contribution in [-0.2, 0) is 0 Å². The summed E-state index contributed by atoms with van der Waals surface area (Å²) >= 11 is 0. The number of nitrogens with zero attached hydrogens (tertiary/aromatic N) is 5. The van der Waals surface area contributed by atoms with Gasteiger partial charge in [0, 0.05) is 17.9 Å². The summed E-state index contributed by atoms with van der Waals surface area (Å²) < 4.78 is 7.45. The Morgan fingerprint density at radius 3 is 2.68 bits per heavy atom. The van der Waals surface area contributed by atoms with Crippen molar-refractivity contribution in [2.24, 2.45) is 0 Å². The van der Waals surface area contributed by atoms with Crippen LogP contribution in [0.15, 0.2) is 30.3 Å². The highest BCUT2D eigenvalue weighted by atomic mass is 16.5. The first kappa shape index (κ1) is 19.8. The van der Waals surface area contributed by atoms with Gasteiger partial charge in [-0.2, -0.15) is 4.98 Å². The number of anilines is 1. The van der Waals surface area contributed by atoms with E-state index in [4.69, 9.17) is 4.74 Å². The van der Waals surface area contributed by atoms with Crippen molar-refractivity contribution in [1.29, 1.82) is 0 Å². The van der Waals surface area contributed by atoms with E-state index in [0.717, 1.165) is 31.0 Å². The van der Waals surface area contributed by atoms with Crippen molar-refractivity contribution in [1.82, 2.24) is 24.5 Å². The second-order valence-corrected chi connectivity index (χ2v) is 6.51. The van der Waals surface area contributed by atoms with Gasteiger partial charge >= 0.3 is 0 Å². The molecular weight excluding hydrogens is 356 g/mol. The first-order chi connectivity index (χ1) is 13.5. The minimum absolute atomic E-state index is 0.0687. The van der Waals surface area contributed by atoms with Crippen LogP contribution in [0.2, 0.25) is 0 Å². The van der Waals surface area contributed by atoms with Crippen LogP contribution in [0.5, 0.6) is 5.75 Å². The molecule has 3 rings (SSSR count). The molecule has 148 valence electrons. The number of ether oxygens (including phenoxy) is 1. The van der Waals surface area contributed by atoms with Gasteiger partial charge in [0.15, 0.2) is 0 Å². The number of hydrogen-bond acceptors (Lipinski definition) is 6. The third kappa shape index (κ3) is 4.45. The van der Waals surface area contributed by atoms with Crippen LogP contribution in [0.25, 0.3) is 5.78 Å². The zero-order valence-corrected chi connectivity index (χ0v) is 16.8. The molecule has 0 bridgehead atoms. The molecule has 0 aliphatic carbocycles. The summed E-state index contributed by atoms with van der Waals surface area (Å²) in [6, 6.07) is 9.25. The number of likely N-dealkylation sites (N-methyl/N-ethyl adjacent to an activating group) is 1. The number of benzene rings is 1. The lowest BCUT2D eigenvalue weighted by atomic mass is 10.3. The molecule has 0 spiro atoms. The van der Waals surface area contributed by atoms with Crippen LogP contribution in [0.4, 0.5) is 5.69 Å². The van der Waals surface area contributed by atoms with E-state index in [2.05, 4.69) is 39.1 Å². The number of carbonyl (C=O) groups excluding carboxylic acids is 1. The molecule has 1 aromatic carbocycles. The van der Waals surface area contributed by atoms with Gasteiger partial charge in [0.2, 0.25) is 5.82 Å². The van der Waals surface area contributed by atoms with Crippen molar-refractivity contribution in [3.63, 3.8) is 0 Å². The van der Waals surface area contributed by atoms with E-state index in [9.17, 15) is 4.79 Å². The van der Waals surface area contributed by atoms with Crippen LogP contribution in [-0.4, -0.2) is 56.6 Å². The molecule has 2 aromatic heterocycles. The fourth-order valence-corrected chi connectivity index (χ4v) is 2.96. The lowest BCUT2D eigenvalue weighted by Gasteiger charge is -2.19. The molecule has 0 radical (unpaired) electrons. The van der Waals surface area contributed by atoms with E-state index in [0.29, 0.717) is 23.8 Å². The molecule has 0 unspecified atom stereocenters. The number of nitrogens with one attached hydrogen (secondary N) is 1. The van der Waals surface area contributed by atoms with Gasteiger partial charge in [-0.05, 0) is 45.1 Å². The fraction of sp³-hybridized carbons (Fsp3) is 0.400. The quantitative estimate of drug-likeness (QED) is 0.645. The topological polar surface area (TPSA) is 84.6 Å².